The molecule has 2 amide bonds. The molecule has 2 aliphatic rings. The zero-order valence-electron chi connectivity index (χ0n) is 15.4. The molecule has 1 aromatic heterocycles. The molecule has 0 bridgehead atoms. The Kier molecular flexibility index (Phi) is 4.09. The number of rotatable bonds is 3. The van der Waals surface area contributed by atoms with Crippen LogP contribution in [0.3, 0.4) is 0 Å². The van der Waals surface area contributed by atoms with E-state index in [0.717, 1.165) is 5.56 Å². The summed E-state index contributed by atoms with van der Waals surface area (Å²) in [5.74, 6) is 0.605. The lowest BCUT2D eigenvalue weighted by molar-refractivity contribution is -0.123. The number of hydrogen-bond donors (Lipinski definition) is 0. The molecule has 0 aliphatic carbocycles. The number of nitrogens with zero attached hydrogens (tertiary/aromatic N) is 2. The van der Waals surface area contributed by atoms with Crippen LogP contribution in [-0.2, 0) is 11.3 Å². The molecular weight excluding hydrogens is 368 g/mol. The van der Waals surface area contributed by atoms with Gasteiger partial charge in [0.2, 0.25) is 6.79 Å². The van der Waals surface area contributed by atoms with Crippen molar-refractivity contribution in [1.82, 2.24) is 9.88 Å². The van der Waals surface area contributed by atoms with Crippen LogP contribution in [0.25, 0.3) is 11.6 Å². The molecule has 0 radical (unpaired) electrons. The molecule has 2 aliphatic heterocycles. The van der Waals surface area contributed by atoms with Gasteiger partial charge in [-0.25, -0.2) is 0 Å². The van der Waals surface area contributed by atoms with E-state index in [1.54, 1.807) is 42.6 Å². The number of fused-ring (bicyclic) bond motifs is 2. The maximum absolute atomic E-state index is 13.3. The van der Waals surface area contributed by atoms with Crippen LogP contribution in [0.4, 0.5) is 0 Å². The Labute approximate surface area is 167 Å². The summed E-state index contributed by atoms with van der Waals surface area (Å²) in [5.41, 5.74) is 3.00. The number of imide groups is 1. The maximum Gasteiger partial charge on any atom is 0.261 e. The van der Waals surface area contributed by atoms with Gasteiger partial charge in [-0.2, -0.15) is 0 Å². The lowest BCUT2D eigenvalue weighted by Gasteiger charge is -2.28. The van der Waals surface area contributed by atoms with Crippen LogP contribution in [0, 0.1) is 0 Å². The molecule has 5 rings (SSSR count). The van der Waals surface area contributed by atoms with Gasteiger partial charge in [0, 0.05) is 17.3 Å². The minimum Gasteiger partial charge on any atom is -0.454 e. The quantitative estimate of drug-likeness (QED) is 0.510. The fraction of sp³-hybridized carbons (Fsp3) is 0.0870. The van der Waals surface area contributed by atoms with E-state index in [1.165, 1.54) is 4.90 Å². The molecule has 0 atom stereocenters. The number of aromatic nitrogens is 1. The average molecular weight is 384 g/mol. The van der Waals surface area contributed by atoms with Crippen molar-refractivity contribution in [2.45, 2.75) is 6.54 Å². The predicted octanol–water partition coefficient (Wildman–Crippen LogP) is 3.53. The zero-order chi connectivity index (χ0) is 19.8. The first kappa shape index (κ1) is 17.2. The van der Waals surface area contributed by atoms with Gasteiger partial charge in [0.15, 0.2) is 11.5 Å². The summed E-state index contributed by atoms with van der Waals surface area (Å²) in [5, 5.41) is 0. The topological polar surface area (TPSA) is 68.7 Å². The van der Waals surface area contributed by atoms with Crippen LogP contribution < -0.4 is 9.47 Å². The number of amides is 2. The van der Waals surface area contributed by atoms with E-state index in [0.29, 0.717) is 33.9 Å². The van der Waals surface area contributed by atoms with Crippen LogP contribution in [0.5, 0.6) is 11.5 Å². The molecule has 0 N–H and O–H groups in total. The van der Waals surface area contributed by atoms with Crippen LogP contribution in [0.1, 0.15) is 27.2 Å². The van der Waals surface area contributed by atoms with Gasteiger partial charge in [0.25, 0.3) is 11.8 Å². The zero-order valence-corrected chi connectivity index (χ0v) is 15.4. The molecule has 0 spiro atoms. The van der Waals surface area contributed by atoms with Crippen LogP contribution in [-0.4, -0.2) is 28.5 Å². The molecule has 2 aromatic carbocycles. The van der Waals surface area contributed by atoms with E-state index in [1.807, 2.05) is 30.3 Å². The van der Waals surface area contributed by atoms with Gasteiger partial charge in [0.1, 0.15) is 0 Å². The third-order valence-corrected chi connectivity index (χ3v) is 4.93. The monoisotopic (exact) mass is 384 g/mol. The average Bonchev–Trinajstić information content (AvgIpc) is 3.23. The molecular formula is C23H16N2O4. The van der Waals surface area contributed by atoms with E-state index in [-0.39, 0.29) is 25.2 Å². The van der Waals surface area contributed by atoms with Crippen molar-refractivity contribution in [3.05, 3.63) is 89.2 Å². The van der Waals surface area contributed by atoms with E-state index in [4.69, 9.17) is 9.47 Å². The Balaban J connectivity index is 1.56. The largest absolute Gasteiger partial charge is 0.454 e. The molecule has 6 heteroatoms. The lowest BCUT2D eigenvalue weighted by Crippen LogP contribution is -2.41. The van der Waals surface area contributed by atoms with Crippen molar-refractivity contribution < 1.29 is 19.1 Å². The predicted molar refractivity (Wildman–Crippen MR) is 106 cm³/mol. The molecule has 0 saturated carbocycles. The van der Waals surface area contributed by atoms with Crippen molar-refractivity contribution in [3.63, 3.8) is 0 Å². The highest BCUT2D eigenvalue weighted by atomic mass is 16.7. The number of carbonyl (C=O) groups excluding carboxylic acids is 2. The highest BCUT2D eigenvalue weighted by Gasteiger charge is 2.34. The number of carbonyl (C=O) groups is 2. The smallest absolute Gasteiger partial charge is 0.261 e. The Hall–Kier alpha value is -3.93. The first-order valence-corrected chi connectivity index (χ1v) is 9.17. The van der Waals surface area contributed by atoms with Gasteiger partial charge in [-0.05, 0) is 42.0 Å². The second kappa shape index (κ2) is 6.91. The number of hydrogen-bond acceptors (Lipinski definition) is 5. The van der Waals surface area contributed by atoms with Crippen molar-refractivity contribution in [3.8, 4) is 11.5 Å². The molecule has 142 valence electrons. The second-order valence-electron chi connectivity index (χ2n) is 6.74. The van der Waals surface area contributed by atoms with Crippen molar-refractivity contribution in [2.24, 2.45) is 0 Å². The van der Waals surface area contributed by atoms with E-state index in [2.05, 4.69) is 4.98 Å². The van der Waals surface area contributed by atoms with Crippen LogP contribution in [0.15, 0.2) is 66.9 Å². The minimum atomic E-state index is -0.350. The van der Waals surface area contributed by atoms with E-state index < -0.39 is 0 Å². The molecule has 3 heterocycles. The summed E-state index contributed by atoms with van der Waals surface area (Å²) in [7, 11) is 0. The summed E-state index contributed by atoms with van der Waals surface area (Å²) in [6.45, 7) is 0.312. The Morgan fingerprint density at radius 3 is 2.52 bits per heavy atom. The summed E-state index contributed by atoms with van der Waals surface area (Å²) in [6, 6.07) is 18.0. The summed E-state index contributed by atoms with van der Waals surface area (Å²) in [6.07, 6.45) is 3.39. The van der Waals surface area contributed by atoms with Gasteiger partial charge >= 0.3 is 0 Å². The van der Waals surface area contributed by atoms with Crippen molar-refractivity contribution in [2.75, 3.05) is 6.79 Å². The summed E-state index contributed by atoms with van der Waals surface area (Å²) >= 11 is 0. The van der Waals surface area contributed by atoms with Gasteiger partial charge < -0.3 is 9.47 Å². The van der Waals surface area contributed by atoms with Crippen LogP contribution in [0.2, 0.25) is 0 Å². The Morgan fingerprint density at radius 1 is 0.897 bits per heavy atom. The third-order valence-electron chi connectivity index (χ3n) is 4.93. The highest BCUT2D eigenvalue weighted by Crippen LogP contribution is 2.35. The summed E-state index contributed by atoms with van der Waals surface area (Å²) < 4.78 is 10.7. The summed E-state index contributed by atoms with van der Waals surface area (Å²) in [4.78, 5) is 31.9. The number of benzene rings is 2. The fourth-order valence-electron chi connectivity index (χ4n) is 3.52. The minimum absolute atomic E-state index is 0.141. The second-order valence-corrected chi connectivity index (χ2v) is 6.74. The van der Waals surface area contributed by atoms with E-state index in [9.17, 15) is 9.59 Å². The standard InChI is InChI=1S/C23H16N2O4/c26-22-18-7-2-1-6-17(18)19(12-16-5-3-4-10-24-16)23(27)25(22)13-15-8-9-20-21(11-15)29-14-28-20/h1-12H,13-14H2. The molecule has 3 aromatic rings. The Bertz CT molecular complexity index is 1150. The SMILES string of the molecule is O=C1C(=Cc2ccccn2)c2ccccc2C(=O)N1Cc1ccc2c(c1)OCO2. The first-order valence-electron chi connectivity index (χ1n) is 9.17. The molecule has 0 unspecified atom stereocenters. The lowest BCUT2D eigenvalue weighted by atomic mass is 9.92. The highest BCUT2D eigenvalue weighted by molar-refractivity contribution is 6.33. The van der Waals surface area contributed by atoms with Crippen molar-refractivity contribution >= 4 is 23.5 Å². The molecule has 29 heavy (non-hydrogen) atoms. The molecule has 0 fully saturated rings. The first-order chi connectivity index (χ1) is 14.2. The Morgan fingerprint density at radius 2 is 1.69 bits per heavy atom. The number of ether oxygens (including phenoxy) is 2. The normalized spacial score (nSPS) is 16.3. The van der Waals surface area contributed by atoms with E-state index >= 15 is 0 Å². The molecule has 0 saturated heterocycles. The van der Waals surface area contributed by atoms with Crippen LogP contribution >= 0.6 is 0 Å². The van der Waals surface area contributed by atoms with Gasteiger partial charge in [-0.3, -0.25) is 19.5 Å². The maximum atomic E-state index is 13.3. The van der Waals surface area contributed by atoms with Crippen molar-refractivity contribution in [1.29, 1.82) is 0 Å². The van der Waals surface area contributed by atoms with Gasteiger partial charge in [-0.1, -0.05) is 30.3 Å². The third kappa shape index (κ3) is 3.04. The number of pyridine rings is 1. The fourth-order valence-corrected chi connectivity index (χ4v) is 3.52. The van der Waals surface area contributed by atoms with Gasteiger partial charge in [-0.15, -0.1) is 0 Å². The van der Waals surface area contributed by atoms with Gasteiger partial charge in [0.05, 0.1) is 17.8 Å². The molecule has 6 nitrogen and oxygen atoms in total.